The van der Waals surface area contributed by atoms with Gasteiger partial charge >= 0.3 is 0 Å². The van der Waals surface area contributed by atoms with Crippen molar-refractivity contribution in [1.29, 1.82) is 0 Å². The molecule has 0 amide bonds. The Bertz CT molecular complexity index is 1090. The maximum atomic E-state index is 13.5. The summed E-state index contributed by atoms with van der Waals surface area (Å²) in [4.78, 5) is 2.29. The SMILES string of the molecule is CS(=O)(=O)CCn1cc(CN2CCC3(CC2)CC(=C(F)F)c2ccc(Cl)cc23)cn1. The van der Waals surface area contributed by atoms with Gasteiger partial charge < -0.3 is 0 Å². The number of piperidine rings is 1. The lowest BCUT2D eigenvalue weighted by Crippen LogP contribution is -2.41. The first-order chi connectivity index (χ1) is 14.2. The number of allylic oxidation sites excluding steroid dienone is 1. The van der Waals surface area contributed by atoms with Crippen LogP contribution >= 0.6 is 11.6 Å². The first-order valence-corrected chi connectivity index (χ1v) is 12.4. The molecule has 1 saturated heterocycles. The summed E-state index contributed by atoms with van der Waals surface area (Å²) in [6.07, 6.45) is 5.20. The van der Waals surface area contributed by atoms with Gasteiger partial charge in [0.05, 0.1) is 18.5 Å². The van der Waals surface area contributed by atoms with Gasteiger partial charge in [0.1, 0.15) is 9.84 Å². The third-order valence-electron chi connectivity index (χ3n) is 6.22. The zero-order valence-electron chi connectivity index (χ0n) is 16.7. The Balaban J connectivity index is 1.43. The normalized spacial score (nSPS) is 18.7. The van der Waals surface area contributed by atoms with Gasteiger partial charge in [-0.15, -0.1) is 0 Å². The van der Waals surface area contributed by atoms with E-state index in [0.717, 1.165) is 37.1 Å². The molecule has 5 nitrogen and oxygen atoms in total. The molecule has 162 valence electrons. The third-order valence-corrected chi connectivity index (χ3v) is 7.38. The Kier molecular flexibility index (Phi) is 5.76. The molecule has 2 aromatic rings. The van der Waals surface area contributed by atoms with Gasteiger partial charge in [-0.1, -0.05) is 17.7 Å². The fourth-order valence-electron chi connectivity index (χ4n) is 4.63. The molecule has 0 N–H and O–H groups in total. The van der Waals surface area contributed by atoms with E-state index < -0.39 is 15.9 Å². The van der Waals surface area contributed by atoms with Crippen molar-refractivity contribution in [3.05, 3.63) is 58.4 Å². The molecule has 0 saturated carbocycles. The molecule has 1 aliphatic heterocycles. The molecule has 1 aromatic carbocycles. The molecule has 9 heteroatoms. The molecule has 0 atom stereocenters. The van der Waals surface area contributed by atoms with Crippen molar-refractivity contribution in [2.24, 2.45) is 0 Å². The number of aryl methyl sites for hydroxylation is 1. The quantitative estimate of drug-likeness (QED) is 0.680. The van der Waals surface area contributed by atoms with Gasteiger partial charge in [0, 0.05) is 40.6 Å². The summed E-state index contributed by atoms with van der Waals surface area (Å²) >= 11 is 6.18. The van der Waals surface area contributed by atoms with Crippen molar-refractivity contribution in [3.63, 3.8) is 0 Å². The van der Waals surface area contributed by atoms with E-state index >= 15 is 0 Å². The highest BCUT2D eigenvalue weighted by atomic mass is 35.5. The summed E-state index contributed by atoms with van der Waals surface area (Å²) in [5.74, 6) is 0.0588. The Morgan fingerprint density at radius 3 is 2.67 bits per heavy atom. The molecule has 1 aromatic heterocycles. The number of nitrogens with zero attached hydrogens (tertiary/aromatic N) is 3. The predicted octanol–water partition coefficient (Wildman–Crippen LogP) is 4.13. The van der Waals surface area contributed by atoms with Crippen molar-refractivity contribution in [2.75, 3.05) is 25.1 Å². The van der Waals surface area contributed by atoms with Gasteiger partial charge in [-0.25, -0.2) is 8.42 Å². The zero-order chi connectivity index (χ0) is 21.5. The van der Waals surface area contributed by atoms with E-state index in [9.17, 15) is 17.2 Å². The van der Waals surface area contributed by atoms with Gasteiger partial charge in [-0.3, -0.25) is 9.58 Å². The fraction of sp³-hybridized carbons (Fsp3) is 0.476. The van der Waals surface area contributed by atoms with Crippen LogP contribution in [-0.2, 0) is 28.3 Å². The zero-order valence-corrected chi connectivity index (χ0v) is 18.3. The van der Waals surface area contributed by atoms with E-state index in [1.807, 2.05) is 12.3 Å². The lowest BCUT2D eigenvalue weighted by Gasteiger charge is -2.40. The maximum Gasteiger partial charge on any atom is 0.274 e. The predicted molar refractivity (Wildman–Crippen MR) is 113 cm³/mol. The number of hydrogen-bond donors (Lipinski definition) is 0. The van der Waals surface area contributed by atoms with Crippen LogP contribution in [0.3, 0.4) is 0 Å². The first-order valence-electron chi connectivity index (χ1n) is 9.91. The second kappa shape index (κ2) is 8.05. The van der Waals surface area contributed by atoms with Crippen LogP contribution in [0.2, 0.25) is 5.02 Å². The molecular formula is C21H24ClF2N3O2S. The Morgan fingerprint density at radius 1 is 1.27 bits per heavy atom. The minimum absolute atomic E-state index is 0.0588. The van der Waals surface area contributed by atoms with E-state index in [1.54, 1.807) is 23.0 Å². The Hall–Kier alpha value is -1.77. The molecule has 2 heterocycles. The van der Waals surface area contributed by atoms with E-state index in [0.29, 0.717) is 30.1 Å². The van der Waals surface area contributed by atoms with Crippen molar-refractivity contribution >= 4 is 27.0 Å². The van der Waals surface area contributed by atoms with Crippen LogP contribution in [0.15, 0.2) is 36.7 Å². The van der Waals surface area contributed by atoms with Gasteiger partial charge in [-0.2, -0.15) is 13.9 Å². The fourth-order valence-corrected chi connectivity index (χ4v) is 5.32. The van der Waals surface area contributed by atoms with E-state index in [-0.39, 0.29) is 16.7 Å². The number of fused-ring (bicyclic) bond motifs is 2. The topological polar surface area (TPSA) is 55.2 Å². The minimum atomic E-state index is -3.03. The summed E-state index contributed by atoms with van der Waals surface area (Å²) < 4.78 is 51.4. The molecular weight excluding hydrogens is 432 g/mol. The molecule has 2 aliphatic rings. The first kappa shape index (κ1) is 21.5. The number of sulfone groups is 1. The molecule has 0 radical (unpaired) electrons. The number of likely N-dealkylation sites (tertiary alicyclic amines) is 1. The monoisotopic (exact) mass is 455 g/mol. The van der Waals surface area contributed by atoms with E-state index in [2.05, 4.69) is 10.00 Å². The summed E-state index contributed by atoms with van der Waals surface area (Å²) in [6.45, 7) is 2.63. The lowest BCUT2D eigenvalue weighted by molar-refractivity contribution is 0.157. The number of rotatable bonds is 5. The molecule has 0 bridgehead atoms. The van der Waals surface area contributed by atoms with Crippen molar-refractivity contribution < 1.29 is 17.2 Å². The highest BCUT2D eigenvalue weighted by Crippen LogP contribution is 2.53. The van der Waals surface area contributed by atoms with Crippen molar-refractivity contribution in [3.8, 4) is 0 Å². The standard InChI is InChI=1S/C21H24ClF2N3O2S/c1-30(28,29)9-8-27-14-15(12-25-27)13-26-6-4-21(5-7-26)11-18(20(23)24)17-3-2-16(22)10-19(17)21/h2-3,10,12,14H,4-9,11,13H2,1H3. The summed E-state index contributed by atoms with van der Waals surface area (Å²) in [7, 11) is -3.03. The molecule has 0 unspecified atom stereocenters. The Labute approximate surface area is 180 Å². The smallest absolute Gasteiger partial charge is 0.274 e. The van der Waals surface area contributed by atoms with Gasteiger partial charge in [-0.05, 0) is 55.6 Å². The van der Waals surface area contributed by atoms with Crippen LogP contribution < -0.4 is 0 Å². The highest BCUT2D eigenvalue weighted by molar-refractivity contribution is 7.90. The number of aromatic nitrogens is 2. The molecule has 1 aliphatic carbocycles. The third kappa shape index (κ3) is 4.45. The minimum Gasteiger partial charge on any atom is -0.299 e. The van der Waals surface area contributed by atoms with Crippen molar-refractivity contribution in [2.45, 2.75) is 37.8 Å². The lowest BCUT2D eigenvalue weighted by atomic mass is 9.73. The second-order valence-electron chi connectivity index (χ2n) is 8.40. The molecule has 4 rings (SSSR count). The van der Waals surface area contributed by atoms with Crippen LogP contribution in [0.1, 0.15) is 36.0 Å². The Morgan fingerprint density at radius 2 is 2.00 bits per heavy atom. The van der Waals surface area contributed by atoms with Crippen LogP contribution in [0.25, 0.3) is 5.57 Å². The summed E-state index contributed by atoms with van der Waals surface area (Å²) in [6, 6.07) is 5.26. The summed E-state index contributed by atoms with van der Waals surface area (Å²) in [5, 5.41) is 4.83. The molecule has 1 fully saturated rings. The number of benzene rings is 1. The van der Waals surface area contributed by atoms with Crippen molar-refractivity contribution in [1.82, 2.24) is 14.7 Å². The van der Waals surface area contributed by atoms with E-state index in [1.165, 1.54) is 6.26 Å². The van der Waals surface area contributed by atoms with Crippen LogP contribution in [0, 0.1) is 0 Å². The highest BCUT2D eigenvalue weighted by Gasteiger charge is 2.44. The largest absolute Gasteiger partial charge is 0.299 e. The average Bonchev–Trinajstić information content (AvgIpc) is 3.25. The van der Waals surface area contributed by atoms with Gasteiger partial charge in [0.2, 0.25) is 0 Å². The van der Waals surface area contributed by atoms with Crippen LogP contribution in [0.4, 0.5) is 8.78 Å². The van der Waals surface area contributed by atoms with Crippen LogP contribution in [-0.4, -0.2) is 48.2 Å². The number of halogens is 3. The van der Waals surface area contributed by atoms with Gasteiger partial charge in [0.25, 0.3) is 6.08 Å². The van der Waals surface area contributed by atoms with Gasteiger partial charge in [0.15, 0.2) is 0 Å². The summed E-state index contributed by atoms with van der Waals surface area (Å²) in [5.41, 5.74) is 2.48. The molecule has 1 spiro atoms. The average molecular weight is 456 g/mol. The second-order valence-corrected chi connectivity index (χ2v) is 11.1. The number of hydrogen-bond acceptors (Lipinski definition) is 4. The van der Waals surface area contributed by atoms with E-state index in [4.69, 9.17) is 11.6 Å². The molecule has 30 heavy (non-hydrogen) atoms. The van der Waals surface area contributed by atoms with Crippen LogP contribution in [0.5, 0.6) is 0 Å². The maximum absolute atomic E-state index is 13.5.